The summed E-state index contributed by atoms with van der Waals surface area (Å²) in [5.41, 5.74) is 3.86. The van der Waals surface area contributed by atoms with Crippen molar-refractivity contribution in [3.63, 3.8) is 0 Å². The van der Waals surface area contributed by atoms with E-state index in [0.29, 0.717) is 5.56 Å². The second-order valence-electron chi connectivity index (χ2n) is 6.99. The van der Waals surface area contributed by atoms with Crippen molar-refractivity contribution in [1.29, 1.82) is 0 Å². The minimum Gasteiger partial charge on any atom is -0.200 e. The Kier molecular flexibility index (Phi) is 5.13. The molecule has 1 N–H and O–H groups in total. The van der Waals surface area contributed by atoms with Gasteiger partial charge < -0.3 is 0 Å². The predicted octanol–water partition coefficient (Wildman–Crippen LogP) is 3.91. The molecule has 0 spiro atoms. The third-order valence-corrected chi connectivity index (χ3v) is 5.17. The molecule has 0 heterocycles. The number of hydrogen-bond donors (Lipinski definition) is 1. The zero-order chi connectivity index (χ0) is 18.0. The second-order valence-corrected chi connectivity index (χ2v) is 8.62. The fraction of sp³-hybridized carbons (Fsp3) is 0.316. The maximum absolute atomic E-state index is 12.3. The first-order chi connectivity index (χ1) is 11.1. The van der Waals surface area contributed by atoms with E-state index in [1.54, 1.807) is 19.1 Å². The average Bonchev–Trinajstić information content (AvgIpc) is 2.46. The number of hydrazone groups is 1. The van der Waals surface area contributed by atoms with Gasteiger partial charge in [0.05, 0.1) is 11.1 Å². The highest BCUT2D eigenvalue weighted by molar-refractivity contribution is 7.89. The number of rotatable bonds is 4. The van der Waals surface area contributed by atoms with Gasteiger partial charge in [-0.2, -0.15) is 13.5 Å². The molecule has 0 aromatic heterocycles. The van der Waals surface area contributed by atoms with Crippen molar-refractivity contribution in [1.82, 2.24) is 4.83 Å². The first-order valence-electron chi connectivity index (χ1n) is 7.82. The average molecular weight is 344 g/mol. The van der Waals surface area contributed by atoms with Crippen molar-refractivity contribution in [3.05, 3.63) is 64.7 Å². The van der Waals surface area contributed by atoms with Crippen LogP contribution in [0.2, 0.25) is 0 Å². The summed E-state index contributed by atoms with van der Waals surface area (Å²) in [6.07, 6.45) is 1.51. The molecule has 0 bridgehead atoms. The zero-order valence-electron chi connectivity index (χ0n) is 14.8. The number of aryl methyl sites for hydroxylation is 2. The van der Waals surface area contributed by atoms with Gasteiger partial charge in [-0.15, -0.1) is 0 Å². The van der Waals surface area contributed by atoms with Crippen LogP contribution in [-0.4, -0.2) is 14.6 Å². The van der Waals surface area contributed by atoms with E-state index in [1.165, 1.54) is 11.8 Å². The van der Waals surface area contributed by atoms with Gasteiger partial charge in [0.2, 0.25) is 0 Å². The molecule has 2 rings (SSSR count). The third-order valence-electron chi connectivity index (χ3n) is 3.78. The summed E-state index contributed by atoms with van der Waals surface area (Å²) >= 11 is 0. The SMILES string of the molecule is Cc1ccc(S(=O)(=O)N/N=C/c2ccc(C(C)(C)C)cc2)c(C)c1. The van der Waals surface area contributed by atoms with Gasteiger partial charge >= 0.3 is 0 Å². The van der Waals surface area contributed by atoms with E-state index < -0.39 is 10.0 Å². The maximum atomic E-state index is 12.3. The van der Waals surface area contributed by atoms with Crippen LogP contribution in [0.1, 0.15) is 43.0 Å². The normalized spacial score (nSPS) is 12.5. The van der Waals surface area contributed by atoms with Crippen LogP contribution >= 0.6 is 0 Å². The van der Waals surface area contributed by atoms with Crippen molar-refractivity contribution in [3.8, 4) is 0 Å². The van der Waals surface area contributed by atoms with Crippen LogP contribution < -0.4 is 4.83 Å². The summed E-state index contributed by atoms with van der Waals surface area (Å²) in [4.78, 5) is 2.51. The van der Waals surface area contributed by atoms with Crippen LogP contribution in [-0.2, 0) is 15.4 Å². The Labute approximate surface area is 144 Å². The van der Waals surface area contributed by atoms with E-state index in [-0.39, 0.29) is 10.3 Å². The minimum atomic E-state index is -3.66. The highest BCUT2D eigenvalue weighted by Gasteiger charge is 2.15. The molecule has 0 aliphatic rings. The van der Waals surface area contributed by atoms with Gasteiger partial charge in [-0.1, -0.05) is 62.7 Å². The Bertz CT molecular complexity index is 846. The van der Waals surface area contributed by atoms with Crippen molar-refractivity contribution in [2.24, 2.45) is 5.10 Å². The molecule has 0 atom stereocenters. The molecule has 128 valence electrons. The maximum Gasteiger partial charge on any atom is 0.276 e. The Morgan fingerprint density at radius 1 is 1.00 bits per heavy atom. The van der Waals surface area contributed by atoms with E-state index >= 15 is 0 Å². The smallest absolute Gasteiger partial charge is 0.200 e. The second kappa shape index (κ2) is 6.77. The van der Waals surface area contributed by atoms with Crippen molar-refractivity contribution < 1.29 is 8.42 Å². The Morgan fingerprint density at radius 3 is 2.17 bits per heavy atom. The Hall–Kier alpha value is -2.14. The molecule has 0 aliphatic carbocycles. The lowest BCUT2D eigenvalue weighted by atomic mass is 9.87. The molecule has 0 unspecified atom stereocenters. The molecule has 0 saturated heterocycles. The largest absolute Gasteiger partial charge is 0.276 e. The highest BCUT2D eigenvalue weighted by Crippen LogP contribution is 2.21. The Morgan fingerprint density at radius 2 is 1.62 bits per heavy atom. The standard InChI is InChI=1S/C19H24N2O2S/c1-14-6-11-18(15(2)12-14)24(22,23)21-20-13-16-7-9-17(10-8-16)19(3,4)5/h6-13,21H,1-5H3/b20-13+. The molecule has 0 amide bonds. The van der Waals surface area contributed by atoms with Crippen LogP contribution in [0.4, 0.5) is 0 Å². The third kappa shape index (κ3) is 4.45. The lowest BCUT2D eigenvalue weighted by Crippen LogP contribution is -2.19. The fourth-order valence-corrected chi connectivity index (χ4v) is 3.41. The van der Waals surface area contributed by atoms with Gasteiger partial charge in [0, 0.05) is 0 Å². The van der Waals surface area contributed by atoms with Gasteiger partial charge in [-0.05, 0) is 42.0 Å². The molecule has 5 heteroatoms. The van der Waals surface area contributed by atoms with Gasteiger partial charge in [0.25, 0.3) is 10.0 Å². The van der Waals surface area contributed by atoms with E-state index in [9.17, 15) is 8.42 Å². The van der Waals surface area contributed by atoms with E-state index in [4.69, 9.17) is 0 Å². The van der Waals surface area contributed by atoms with Crippen LogP contribution in [0.5, 0.6) is 0 Å². The van der Waals surface area contributed by atoms with Crippen molar-refractivity contribution in [2.45, 2.75) is 44.9 Å². The quantitative estimate of drug-likeness (QED) is 0.675. The molecule has 0 aliphatic heterocycles. The summed E-state index contributed by atoms with van der Waals surface area (Å²) in [5.74, 6) is 0. The Balaban J connectivity index is 2.13. The van der Waals surface area contributed by atoms with Crippen molar-refractivity contribution in [2.75, 3.05) is 0 Å². The number of nitrogens with one attached hydrogen (secondary N) is 1. The van der Waals surface area contributed by atoms with Gasteiger partial charge in [0.15, 0.2) is 0 Å². The zero-order valence-corrected chi connectivity index (χ0v) is 15.6. The number of benzene rings is 2. The van der Waals surface area contributed by atoms with E-state index in [0.717, 1.165) is 11.1 Å². The molecule has 0 saturated carbocycles. The van der Waals surface area contributed by atoms with Gasteiger partial charge in [-0.25, -0.2) is 4.83 Å². The van der Waals surface area contributed by atoms with Gasteiger partial charge in [0.1, 0.15) is 0 Å². The van der Waals surface area contributed by atoms with Crippen LogP contribution in [0.3, 0.4) is 0 Å². The topological polar surface area (TPSA) is 58.5 Å². The molecular weight excluding hydrogens is 320 g/mol. The molecule has 24 heavy (non-hydrogen) atoms. The number of sulfonamides is 1. The minimum absolute atomic E-state index is 0.0836. The lowest BCUT2D eigenvalue weighted by Gasteiger charge is -2.18. The molecule has 2 aromatic rings. The van der Waals surface area contributed by atoms with Crippen molar-refractivity contribution >= 4 is 16.2 Å². The summed E-state index contributed by atoms with van der Waals surface area (Å²) in [6, 6.07) is 13.1. The van der Waals surface area contributed by atoms with Gasteiger partial charge in [-0.3, -0.25) is 0 Å². The molecule has 0 fully saturated rings. The lowest BCUT2D eigenvalue weighted by molar-refractivity contribution is 0.584. The monoisotopic (exact) mass is 344 g/mol. The summed E-state index contributed by atoms with van der Waals surface area (Å²) in [5, 5.41) is 3.88. The molecule has 0 radical (unpaired) electrons. The van der Waals surface area contributed by atoms with E-state index in [1.807, 2.05) is 37.3 Å². The molecule has 2 aromatic carbocycles. The molecular formula is C19H24N2O2S. The fourth-order valence-electron chi connectivity index (χ4n) is 2.39. The summed E-state index contributed by atoms with van der Waals surface area (Å²) in [7, 11) is -3.66. The van der Waals surface area contributed by atoms with E-state index in [2.05, 4.69) is 30.7 Å². The molecule has 4 nitrogen and oxygen atoms in total. The summed E-state index contributed by atoms with van der Waals surface area (Å²) < 4.78 is 24.6. The first-order valence-corrected chi connectivity index (χ1v) is 9.30. The predicted molar refractivity (Wildman–Crippen MR) is 99.0 cm³/mol. The summed E-state index contributed by atoms with van der Waals surface area (Å²) in [6.45, 7) is 10.1. The number of nitrogens with zero attached hydrogens (tertiary/aromatic N) is 1. The number of hydrogen-bond acceptors (Lipinski definition) is 3. The van der Waals surface area contributed by atoms with Crippen LogP contribution in [0.15, 0.2) is 52.5 Å². The highest BCUT2D eigenvalue weighted by atomic mass is 32.2. The van der Waals surface area contributed by atoms with Crippen LogP contribution in [0, 0.1) is 13.8 Å². The first kappa shape index (κ1) is 18.2. The van der Waals surface area contributed by atoms with Crippen LogP contribution in [0.25, 0.3) is 0 Å².